The van der Waals surface area contributed by atoms with E-state index in [1.54, 1.807) is 36.4 Å². The summed E-state index contributed by atoms with van der Waals surface area (Å²) in [6.45, 7) is -0.00197. The van der Waals surface area contributed by atoms with E-state index >= 15 is 0 Å². The quantitative estimate of drug-likeness (QED) is 0.892. The molecule has 0 aliphatic heterocycles. The number of nitrogens with one attached hydrogen (secondary N) is 1. The number of hydrogen-bond donors (Lipinski definition) is 1. The standard InChI is InChI=1S/C15H16FNO3S/c1-21(18,19)17-14(12-7-3-2-4-8-12)11-20-15-10-6-5-9-13(15)16/h2-10,14,17H,11H2,1H3. The molecule has 112 valence electrons. The minimum atomic E-state index is -3.41. The fourth-order valence-electron chi connectivity index (χ4n) is 1.88. The highest BCUT2D eigenvalue weighted by Crippen LogP contribution is 2.19. The molecule has 2 aromatic carbocycles. The second kappa shape index (κ2) is 6.69. The fourth-order valence-corrected chi connectivity index (χ4v) is 2.60. The monoisotopic (exact) mass is 309 g/mol. The molecule has 0 saturated heterocycles. The van der Waals surface area contributed by atoms with Crippen LogP contribution in [0.2, 0.25) is 0 Å². The summed E-state index contributed by atoms with van der Waals surface area (Å²) >= 11 is 0. The molecule has 4 nitrogen and oxygen atoms in total. The number of halogens is 1. The maximum Gasteiger partial charge on any atom is 0.209 e. The van der Waals surface area contributed by atoms with E-state index in [0.717, 1.165) is 11.8 Å². The summed E-state index contributed by atoms with van der Waals surface area (Å²) in [5.74, 6) is -0.391. The fraction of sp³-hybridized carbons (Fsp3) is 0.200. The molecule has 0 amide bonds. The summed E-state index contributed by atoms with van der Waals surface area (Å²) in [5.41, 5.74) is 0.749. The highest BCUT2D eigenvalue weighted by molar-refractivity contribution is 7.88. The second-order valence-corrected chi connectivity index (χ2v) is 6.37. The van der Waals surface area contributed by atoms with Crippen LogP contribution in [0.1, 0.15) is 11.6 Å². The Morgan fingerprint density at radius 2 is 1.71 bits per heavy atom. The normalized spacial score (nSPS) is 12.9. The zero-order valence-corrected chi connectivity index (χ0v) is 12.3. The third-order valence-corrected chi connectivity index (χ3v) is 3.51. The van der Waals surface area contributed by atoms with Crippen molar-refractivity contribution in [3.05, 3.63) is 66.0 Å². The van der Waals surface area contributed by atoms with Gasteiger partial charge in [-0.2, -0.15) is 0 Å². The van der Waals surface area contributed by atoms with Crippen molar-refractivity contribution in [1.29, 1.82) is 0 Å². The Hall–Kier alpha value is -1.92. The van der Waals surface area contributed by atoms with E-state index in [0.29, 0.717) is 0 Å². The third-order valence-electron chi connectivity index (χ3n) is 2.80. The summed E-state index contributed by atoms with van der Waals surface area (Å²) in [7, 11) is -3.41. The summed E-state index contributed by atoms with van der Waals surface area (Å²) < 4.78 is 44.3. The van der Waals surface area contributed by atoms with Crippen LogP contribution in [0.3, 0.4) is 0 Å². The molecule has 0 aliphatic rings. The summed E-state index contributed by atoms with van der Waals surface area (Å²) in [6, 6.07) is 14.4. The lowest BCUT2D eigenvalue weighted by molar-refractivity contribution is 0.269. The number of benzene rings is 2. The van der Waals surface area contributed by atoms with Crippen molar-refractivity contribution in [3.8, 4) is 5.75 Å². The summed E-state index contributed by atoms with van der Waals surface area (Å²) in [4.78, 5) is 0. The van der Waals surface area contributed by atoms with Crippen molar-refractivity contribution in [2.45, 2.75) is 6.04 Å². The SMILES string of the molecule is CS(=O)(=O)NC(COc1ccccc1F)c1ccccc1. The van der Waals surface area contributed by atoms with E-state index in [9.17, 15) is 12.8 Å². The Morgan fingerprint density at radius 3 is 2.33 bits per heavy atom. The van der Waals surface area contributed by atoms with Gasteiger partial charge in [0, 0.05) is 0 Å². The van der Waals surface area contributed by atoms with Crippen molar-refractivity contribution in [2.75, 3.05) is 12.9 Å². The van der Waals surface area contributed by atoms with E-state index in [-0.39, 0.29) is 12.4 Å². The van der Waals surface area contributed by atoms with E-state index in [4.69, 9.17) is 4.74 Å². The largest absolute Gasteiger partial charge is 0.488 e. The van der Waals surface area contributed by atoms with Crippen molar-refractivity contribution in [2.24, 2.45) is 0 Å². The zero-order chi connectivity index (χ0) is 15.3. The number of sulfonamides is 1. The zero-order valence-electron chi connectivity index (χ0n) is 11.5. The molecule has 0 bridgehead atoms. The van der Waals surface area contributed by atoms with Crippen molar-refractivity contribution in [3.63, 3.8) is 0 Å². The molecule has 1 unspecified atom stereocenters. The summed E-state index contributed by atoms with van der Waals surface area (Å²) in [5, 5.41) is 0. The van der Waals surface area contributed by atoms with Gasteiger partial charge in [-0.1, -0.05) is 42.5 Å². The number of ether oxygens (including phenoxy) is 1. The maximum absolute atomic E-state index is 13.5. The molecular formula is C15H16FNO3S. The molecule has 0 fully saturated rings. The van der Waals surface area contributed by atoms with Gasteiger partial charge in [-0.05, 0) is 17.7 Å². The summed E-state index contributed by atoms with van der Waals surface area (Å²) in [6.07, 6.45) is 1.08. The number of rotatable bonds is 6. The van der Waals surface area contributed by atoms with Crippen molar-refractivity contribution >= 4 is 10.0 Å². The first-order valence-electron chi connectivity index (χ1n) is 6.35. The van der Waals surface area contributed by atoms with Gasteiger partial charge in [0.25, 0.3) is 0 Å². The van der Waals surface area contributed by atoms with Gasteiger partial charge >= 0.3 is 0 Å². The average molecular weight is 309 g/mol. The van der Waals surface area contributed by atoms with Gasteiger partial charge in [0.15, 0.2) is 11.6 Å². The molecule has 1 N–H and O–H groups in total. The Bertz CT molecular complexity index is 689. The van der Waals surface area contributed by atoms with Gasteiger partial charge < -0.3 is 4.74 Å². The smallest absolute Gasteiger partial charge is 0.209 e. The molecule has 21 heavy (non-hydrogen) atoms. The minimum Gasteiger partial charge on any atom is -0.488 e. The molecule has 0 spiro atoms. The first-order chi connectivity index (χ1) is 9.96. The highest BCUT2D eigenvalue weighted by Gasteiger charge is 2.17. The maximum atomic E-state index is 13.5. The van der Waals surface area contributed by atoms with Gasteiger partial charge in [0.2, 0.25) is 10.0 Å². The van der Waals surface area contributed by atoms with Crippen LogP contribution in [-0.2, 0) is 10.0 Å². The average Bonchev–Trinajstić information content (AvgIpc) is 2.45. The van der Waals surface area contributed by atoms with Crippen molar-refractivity contribution < 1.29 is 17.5 Å². The molecule has 0 saturated carbocycles. The van der Waals surface area contributed by atoms with E-state index in [1.807, 2.05) is 6.07 Å². The molecule has 2 aromatic rings. The predicted octanol–water partition coefficient (Wildman–Crippen LogP) is 2.50. The molecule has 0 aromatic heterocycles. The van der Waals surface area contributed by atoms with E-state index in [1.165, 1.54) is 12.1 Å². The van der Waals surface area contributed by atoms with Gasteiger partial charge in [-0.3, -0.25) is 0 Å². The van der Waals surface area contributed by atoms with Crippen LogP contribution in [0.15, 0.2) is 54.6 Å². The minimum absolute atomic E-state index is 0.00197. The predicted molar refractivity (Wildman–Crippen MR) is 79.1 cm³/mol. The highest BCUT2D eigenvalue weighted by atomic mass is 32.2. The van der Waals surface area contributed by atoms with Gasteiger partial charge in [-0.25, -0.2) is 17.5 Å². The Balaban J connectivity index is 2.15. The van der Waals surface area contributed by atoms with E-state index < -0.39 is 21.9 Å². The number of hydrogen-bond acceptors (Lipinski definition) is 3. The first kappa shape index (κ1) is 15.5. The van der Waals surface area contributed by atoms with Crippen LogP contribution in [0.4, 0.5) is 4.39 Å². The van der Waals surface area contributed by atoms with Crippen LogP contribution in [0.25, 0.3) is 0 Å². The molecule has 6 heteroatoms. The van der Waals surface area contributed by atoms with Gasteiger partial charge in [-0.15, -0.1) is 0 Å². The van der Waals surface area contributed by atoms with Gasteiger partial charge in [0.05, 0.1) is 12.3 Å². The third kappa shape index (κ3) is 4.84. The van der Waals surface area contributed by atoms with Crippen LogP contribution in [0.5, 0.6) is 5.75 Å². The van der Waals surface area contributed by atoms with Crippen LogP contribution in [0, 0.1) is 5.82 Å². The van der Waals surface area contributed by atoms with Crippen LogP contribution >= 0.6 is 0 Å². The Labute approximate surface area is 123 Å². The van der Waals surface area contributed by atoms with Crippen LogP contribution in [-0.4, -0.2) is 21.3 Å². The lowest BCUT2D eigenvalue weighted by Gasteiger charge is -2.18. The van der Waals surface area contributed by atoms with Crippen LogP contribution < -0.4 is 9.46 Å². The van der Waals surface area contributed by atoms with E-state index in [2.05, 4.69) is 4.72 Å². The lowest BCUT2D eigenvalue weighted by Crippen LogP contribution is -2.31. The lowest BCUT2D eigenvalue weighted by atomic mass is 10.1. The van der Waals surface area contributed by atoms with Crippen molar-refractivity contribution in [1.82, 2.24) is 4.72 Å². The van der Waals surface area contributed by atoms with Gasteiger partial charge in [0.1, 0.15) is 6.61 Å². The molecule has 2 rings (SSSR count). The Kier molecular flexibility index (Phi) is 4.93. The topological polar surface area (TPSA) is 55.4 Å². The number of para-hydroxylation sites is 1. The Morgan fingerprint density at radius 1 is 1.10 bits per heavy atom. The molecule has 1 atom stereocenters. The first-order valence-corrected chi connectivity index (χ1v) is 8.24. The molecule has 0 heterocycles. The molecule has 0 aliphatic carbocycles. The second-order valence-electron chi connectivity index (χ2n) is 4.59. The molecule has 0 radical (unpaired) electrons. The molecular weight excluding hydrogens is 293 g/mol.